The van der Waals surface area contributed by atoms with Crippen molar-refractivity contribution in [3.05, 3.63) is 59.7 Å². The van der Waals surface area contributed by atoms with Gasteiger partial charge in [-0.05, 0) is 49.4 Å². The van der Waals surface area contributed by atoms with Crippen molar-refractivity contribution in [3.63, 3.8) is 0 Å². The van der Waals surface area contributed by atoms with Crippen LogP contribution in [0.5, 0.6) is 0 Å². The van der Waals surface area contributed by atoms with Crippen molar-refractivity contribution in [1.29, 1.82) is 0 Å². The van der Waals surface area contributed by atoms with Crippen LogP contribution in [0, 0.1) is 0 Å². The van der Waals surface area contributed by atoms with Gasteiger partial charge in [0.15, 0.2) is 0 Å². The van der Waals surface area contributed by atoms with Gasteiger partial charge in [-0.3, -0.25) is 4.79 Å². The zero-order valence-electron chi connectivity index (χ0n) is 17.8. The van der Waals surface area contributed by atoms with Crippen LogP contribution in [-0.4, -0.2) is 36.3 Å². The maximum absolute atomic E-state index is 12.3. The number of alkyl carbamates (subject to hydrolysis) is 1. The van der Waals surface area contributed by atoms with Gasteiger partial charge >= 0.3 is 12.1 Å². The molecule has 0 fully saturated rings. The zero-order valence-corrected chi connectivity index (χ0v) is 17.8. The lowest BCUT2D eigenvalue weighted by molar-refractivity contribution is -0.308. The summed E-state index contributed by atoms with van der Waals surface area (Å²) in [5.74, 6) is -2.17. The van der Waals surface area contributed by atoms with Gasteiger partial charge in [-0.2, -0.15) is 0 Å². The maximum Gasteiger partial charge on any atom is 0.407 e. The average molecular weight is 424 g/mol. The van der Waals surface area contributed by atoms with E-state index in [1.165, 1.54) is 0 Å². The first kappa shape index (κ1) is 22.3. The van der Waals surface area contributed by atoms with Crippen molar-refractivity contribution in [1.82, 2.24) is 5.32 Å². The van der Waals surface area contributed by atoms with Gasteiger partial charge < -0.3 is 24.7 Å². The van der Waals surface area contributed by atoms with Crippen molar-refractivity contribution in [2.75, 3.05) is 6.61 Å². The molecule has 0 aromatic heterocycles. The Hall–Kier alpha value is -3.35. The van der Waals surface area contributed by atoms with Crippen molar-refractivity contribution in [3.8, 4) is 11.1 Å². The van der Waals surface area contributed by atoms with Gasteiger partial charge in [-0.1, -0.05) is 48.5 Å². The van der Waals surface area contributed by atoms with E-state index in [2.05, 4.69) is 5.32 Å². The fourth-order valence-corrected chi connectivity index (χ4v) is 3.69. The summed E-state index contributed by atoms with van der Waals surface area (Å²) in [6.45, 7) is 5.22. The molecule has 1 atom stereocenters. The number of nitrogens with one attached hydrogen (secondary N) is 1. The van der Waals surface area contributed by atoms with Gasteiger partial charge in [0.1, 0.15) is 12.2 Å². The molecular formula is C24H26NO6-. The minimum Gasteiger partial charge on any atom is -0.548 e. The van der Waals surface area contributed by atoms with Crippen LogP contribution in [0.1, 0.15) is 50.7 Å². The molecule has 2 aromatic carbocycles. The molecule has 164 valence electrons. The standard InChI is InChI=1S/C24H27NO6/c1-24(2,3)31-21(26)13-12-20(22(27)28)25-23(29)30-14-19-17-10-6-4-8-15(17)16-9-5-7-11-18(16)19/h4-11,19-20H,12-14H2,1-3H3,(H,25,29)(H,27,28)/p-1/t20-/m0/s1. The number of amides is 1. The fraction of sp³-hybridized carbons (Fsp3) is 0.375. The first-order chi connectivity index (χ1) is 14.7. The number of benzene rings is 2. The predicted molar refractivity (Wildman–Crippen MR) is 112 cm³/mol. The second-order valence-electron chi connectivity index (χ2n) is 8.47. The molecule has 0 spiro atoms. The van der Waals surface area contributed by atoms with E-state index in [0.29, 0.717) is 0 Å². The van der Waals surface area contributed by atoms with Crippen molar-refractivity contribution in [2.24, 2.45) is 0 Å². The van der Waals surface area contributed by atoms with E-state index < -0.39 is 29.7 Å². The van der Waals surface area contributed by atoms with Gasteiger partial charge in [-0.25, -0.2) is 4.79 Å². The molecule has 1 amide bonds. The second-order valence-corrected chi connectivity index (χ2v) is 8.47. The number of rotatable bonds is 7. The molecule has 1 aliphatic rings. The average Bonchev–Trinajstić information content (AvgIpc) is 3.02. The molecule has 31 heavy (non-hydrogen) atoms. The highest BCUT2D eigenvalue weighted by Crippen LogP contribution is 2.44. The maximum atomic E-state index is 12.3. The molecule has 0 aliphatic heterocycles. The van der Waals surface area contributed by atoms with Gasteiger partial charge in [0.05, 0.1) is 12.0 Å². The minimum absolute atomic E-state index is 0.0612. The summed E-state index contributed by atoms with van der Waals surface area (Å²) in [4.78, 5) is 35.5. The molecule has 0 bridgehead atoms. The van der Waals surface area contributed by atoms with E-state index in [1.54, 1.807) is 20.8 Å². The summed E-state index contributed by atoms with van der Waals surface area (Å²) < 4.78 is 10.5. The number of carbonyl (C=O) groups excluding carboxylic acids is 3. The van der Waals surface area contributed by atoms with Crippen LogP contribution in [-0.2, 0) is 19.1 Å². The molecule has 2 aromatic rings. The normalized spacial score (nSPS) is 13.6. The van der Waals surface area contributed by atoms with Crippen LogP contribution in [0.25, 0.3) is 11.1 Å². The van der Waals surface area contributed by atoms with Crippen molar-refractivity contribution in [2.45, 2.75) is 51.2 Å². The minimum atomic E-state index is -1.49. The number of hydrogen-bond acceptors (Lipinski definition) is 6. The van der Waals surface area contributed by atoms with E-state index in [4.69, 9.17) is 9.47 Å². The number of carboxylic acid groups (broad SMARTS) is 1. The summed E-state index contributed by atoms with van der Waals surface area (Å²) in [6, 6.07) is 14.5. The van der Waals surface area contributed by atoms with Gasteiger partial charge in [0.2, 0.25) is 0 Å². The number of fused-ring (bicyclic) bond motifs is 3. The van der Waals surface area contributed by atoms with Crippen LogP contribution < -0.4 is 10.4 Å². The highest BCUT2D eigenvalue weighted by Gasteiger charge is 2.29. The van der Waals surface area contributed by atoms with E-state index in [1.807, 2.05) is 48.5 Å². The molecule has 0 heterocycles. The Labute approximate surface area is 181 Å². The Morgan fingerprint density at radius 1 is 1.00 bits per heavy atom. The highest BCUT2D eigenvalue weighted by atomic mass is 16.6. The molecule has 3 rings (SSSR count). The van der Waals surface area contributed by atoms with E-state index in [-0.39, 0.29) is 25.4 Å². The number of carbonyl (C=O) groups is 3. The van der Waals surface area contributed by atoms with Crippen LogP contribution in [0.4, 0.5) is 4.79 Å². The second kappa shape index (κ2) is 9.20. The third-order valence-electron chi connectivity index (χ3n) is 4.98. The molecule has 7 heteroatoms. The SMILES string of the molecule is CC(C)(C)OC(=O)CC[C@H](NC(=O)OCC1c2ccccc2-c2ccccc21)C(=O)[O-]. The summed E-state index contributed by atoms with van der Waals surface area (Å²) in [5, 5.41) is 13.7. The topological polar surface area (TPSA) is 105 Å². The van der Waals surface area contributed by atoms with Crippen molar-refractivity contribution >= 4 is 18.0 Å². The summed E-state index contributed by atoms with van der Waals surface area (Å²) in [7, 11) is 0. The molecule has 1 N–H and O–H groups in total. The summed E-state index contributed by atoms with van der Waals surface area (Å²) >= 11 is 0. The molecule has 0 saturated heterocycles. The third-order valence-corrected chi connectivity index (χ3v) is 4.98. The Balaban J connectivity index is 1.59. The molecule has 0 radical (unpaired) electrons. The van der Waals surface area contributed by atoms with E-state index in [9.17, 15) is 19.5 Å². The monoisotopic (exact) mass is 424 g/mol. The molecule has 0 unspecified atom stereocenters. The molecular weight excluding hydrogens is 398 g/mol. The van der Waals surface area contributed by atoms with Crippen LogP contribution in [0.3, 0.4) is 0 Å². The quantitative estimate of drug-likeness (QED) is 0.686. The van der Waals surface area contributed by atoms with E-state index in [0.717, 1.165) is 22.3 Å². The zero-order chi connectivity index (χ0) is 22.6. The first-order valence-corrected chi connectivity index (χ1v) is 10.2. The smallest absolute Gasteiger partial charge is 0.407 e. The van der Waals surface area contributed by atoms with Gasteiger partial charge in [-0.15, -0.1) is 0 Å². The van der Waals surface area contributed by atoms with Gasteiger partial charge in [0.25, 0.3) is 0 Å². The number of hydrogen-bond donors (Lipinski definition) is 1. The van der Waals surface area contributed by atoms with Crippen LogP contribution in [0.15, 0.2) is 48.5 Å². The number of esters is 1. The third kappa shape index (κ3) is 5.63. The Morgan fingerprint density at radius 2 is 1.55 bits per heavy atom. The lowest BCUT2D eigenvalue weighted by Gasteiger charge is -2.22. The van der Waals surface area contributed by atoms with E-state index >= 15 is 0 Å². The summed E-state index contributed by atoms with van der Waals surface area (Å²) in [5.41, 5.74) is 3.62. The fourth-order valence-electron chi connectivity index (χ4n) is 3.69. The number of carboxylic acids is 1. The predicted octanol–water partition coefficient (Wildman–Crippen LogP) is 2.77. The summed E-state index contributed by atoms with van der Waals surface area (Å²) in [6.07, 6.45) is -1.19. The number of aliphatic carboxylic acids is 1. The Kier molecular flexibility index (Phi) is 6.63. The lowest BCUT2D eigenvalue weighted by atomic mass is 9.98. The molecule has 7 nitrogen and oxygen atoms in total. The Morgan fingerprint density at radius 3 is 2.06 bits per heavy atom. The Bertz CT molecular complexity index is 933. The van der Waals surface area contributed by atoms with Crippen LogP contribution >= 0.6 is 0 Å². The largest absolute Gasteiger partial charge is 0.548 e. The van der Waals surface area contributed by atoms with Crippen LogP contribution in [0.2, 0.25) is 0 Å². The number of ether oxygens (including phenoxy) is 2. The lowest BCUT2D eigenvalue weighted by Crippen LogP contribution is -2.48. The first-order valence-electron chi connectivity index (χ1n) is 10.2. The van der Waals surface area contributed by atoms with Crippen molar-refractivity contribution < 1.29 is 29.0 Å². The molecule has 1 aliphatic carbocycles. The molecule has 0 saturated carbocycles. The van der Waals surface area contributed by atoms with Gasteiger partial charge in [0, 0.05) is 12.3 Å². The highest BCUT2D eigenvalue weighted by molar-refractivity contribution is 5.81.